The zero-order chi connectivity index (χ0) is 15.7. The first-order valence-electron chi connectivity index (χ1n) is 6.71. The van der Waals surface area contributed by atoms with Gasteiger partial charge in [-0.3, -0.25) is 0 Å². The standard InChI is InChI=1S/C17H13Cl2NO2/c1-10-5-6-11-3-2-4-15(17(11)20-10)22-9-12-13(18)7-8-14(21)16(12)19/h2-8,21H,9H2,1H3. The van der Waals surface area contributed by atoms with Crippen LogP contribution < -0.4 is 4.74 Å². The lowest BCUT2D eigenvalue weighted by Gasteiger charge is -2.12. The predicted octanol–water partition coefficient (Wildman–Crippen LogP) is 5.13. The van der Waals surface area contributed by atoms with Crippen LogP contribution in [0.3, 0.4) is 0 Å². The molecule has 1 aromatic heterocycles. The molecule has 0 amide bonds. The Morgan fingerprint density at radius 2 is 1.91 bits per heavy atom. The van der Waals surface area contributed by atoms with Gasteiger partial charge in [0.05, 0.1) is 5.02 Å². The van der Waals surface area contributed by atoms with Crippen LogP contribution in [0, 0.1) is 6.92 Å². The van der Waals surface area contributed by atoms with Gasteiger partial charge in [-0.2, -0.15) is 0 Å². The minimum Gasteiger partial charge on any atom is -0.506 e. The van der Waals surface area contributed by atoms with Gasteiger partial charge in [-0.25, -0.2) is 4.98 Å². The highest BCUT2D eigenvalue weighted by Gasteiger charge is 2.12. The Bertz CT molecular complexity index is 849. The van der Waals surface area contributed by atoms with Crippen molar-refractivity contribution in [2.75, 3.05) is 0 Å². The molecule has 22 heavy (non-hydrogen) atoms. The van der Waals surface area contributed by atoms with E-state index in [-0.39, 0.29) is 17.4 Å². The molecule has 0 atom stereocenters. The first-order valence-corrected chi connectivity index (χ1v) is 7.47. The van der Waals surface area contributed by atoms with Crippen LogP contribution in [0.1, 0.15) is 11.3 Å². The fourth-order valence-electron chi connectivity index (χ4n) is 2.20. The number of ether oxygens (including phenoxy) is 1. The van der Waals surface area contributed by atoms with E-state index < -0.39 is 0 Å². The maximum atomic E-state index is 9.67. The highest BCUT2D eigenvalue weighted by atomic mass is 35.5. The van der Waals surface area contributed by atoms with Crippen molar-refractivity contribution in [1.29, 1.82) is 0 Å². The summed E-state index contributed by atoms with van der Waals surface area (Å²) in [6.07, 6.45) is 0. The number of nitrogens with zero attached hydrogens (tertiary/aromatic N) is 1. The van der Waals surface area contributed by atoms with Gasteiger partial charge in [0.2, 0.25) is 0 Å². The summed E-state index contributed by atoms with van der Waals surface area (Å²) in [6.45, 7) is 2.08. The van der Waals surface area contributed by atoms with Crippen molar-refractivity contribution in [1.82, 2.24) is 4.98 Å². The first-order chi connectivity index (χ1) is 10.6. The number of para-hydroxylation sites is 1. The molecule has 0 saturated heterocycles. The van der Waals surface area contributed by atoms with Gasteiger partial charge in [0.15, 0.2) is 0 Å². The smallest absolute Gasteiger partial charge is 0.146 e. The third-order valence-electron chi connectivity index (χ3n) is 3.36. The summed E-state index contributed by atoms with van der Waals surface area (Å²) in [6, 6.07) is 12.7. The topological polar surface area (TPSA) is 42.4 Å². The summed E-state index contributed by atoms with van der Waals surface area (Å²) in [4.78, 5) is 4.51. The van der Waals surface area contributed by atoms with E-state index in [9.17, 15) is 5.11 Å². The van der Waals surface area contributed by atoms with Gasteiger partial charge in [0.25, 0.3) is 0 Å². The molecule has 1 heterocycles. The van der Waals surface area contributed by atoms with Gasteiger partial charge >= 0.3 is 0 Å². The minimum absolute atomic E-state index is 0.0171. The molecular formula is C17H13Cl2NO2. The van der Waals surface area contributed by atoms with Gasteiger partial charge < -0.3 is 9.84 Å². The number of halogens is 2. The van der Waals surface area contributed by atoms with Gasteiger partial charge in [-0.15, -0.1) is 0 Å². The largest absolute Gasteiger partial charge is 0.506 e. The van der Waals surface area contributed by atoms with Crippen LogP contribution in [0.4, 0.5) is 0 Å². The Kier molecular flexibility index (Phi) is 4.10. The number of pyridine rings is 1. The summed E-state index contributed by atoms with van der Waals surface area (Å²) >= 11 is 12.2. The number of benzene rings is 2. The molecule has 0 saturated carbocycles. The summed E-state index contributed by atoms with van der Waals surface area (Å²) in [7, 11) is 0. The van der Waals surface area contributed by atoms with Crippen molar-refractivity contribution in [3.05, 3.63) is 63.8 Å². The lowest BCUT2D eigenvalue weighted by molar-refractivity contribution is 0.309. The van der Waals surface area contributed by atoms with Crippen LogP contribution in [0.5, 0.6) is 11.5 Å². The molecule has 3 aromatic rings. The van der Waals surface area contributed by atoms with E-state index in [1.54, 1.807) is 6.07 Å². The average Bonchev–Trinajstić information content (AvgIpc) is 2.51. The summed E-state index contributed by atoms with van der Waals surface area (Å²) < 4.78 is 5.83. The van der Waals surface area contributed by atoms with Crippen molar-refractivity contribution in [2.24, 2.45) is 0 Å². The van der Waals surface area contributed by atoms with E-state index in [0.717, 1.165) is 16.6 Å². The Morgan fingerprint density at radius 1 is 1.09 bits per heavy atom. The third kappa shape index (κ3) is 2.82. The normalized spacial score (nSPS) is 10.9. The monoisotopic (exact) mass is 333 g/mol. The maximum absolute atomic E-state index is 9.67. The second-order valence-electron chi connectivity index (χ2n) is 4.93. The molecule has 1 N–H and O–H groups in total. The lowest BCUT2D eigenvalue weighted by Crippen LogP contribution is -1.99. The number of hydrogen-bond acceptors (Lipinski definition) is 3. The molecule has 0 aliphatic heterocycles. The molecule has 0 fully saturated rings. The minimum atomic E-state index is -0.0171. The summed E-state index contributed by atoms with van der Waals surface area (Å²) in [5.74, 6) is 0.633. The molecular weight excluding hydrogens is 321 g/mol. The fourth-order valence-corrected chi connectivity index (χ4v) is 2.68. The van der Waals surface area contributed by atoms with E-state index >= 15 is 0 Å². The van der Waals surface area contributed by atoms with Gasteiger partial charge in [-0.1, -0.05) is 41.4 Å². The van der Waals surface area contributed by atoms with Crippen LogP contribution in [-0.2, 0) is 6.61 Å². The first kappa shape index (κ1) is 14.9. The van der Waals surface area contributed by atoms with Crippen LogP contribution in [0.15, 0.2) is 42.5 Å². The maximum Gasteiger partial charge on any atom is 0.146 e. The molecule has 112 valence electrons. The van der Waals surface area contributed by atoms with Crippen molar-refractivity contribution in [3.8, 4) is 11.5 Å². The van der Waals surface area contributed by atoms with E-state index in [1.807, 2.05) is 37.3 Å². The van der Waals surface area contributed by atoms with E-state index in [2.05, 4.69) is 4.98 Å². The van der Waals surface area contributed by atoms with Crippen LogP contribution in [0.25, 0.3) is 10.9 Å². The molecule has 3 nitrogen and oxygen atoms in total. The summed E-state index contributed by atoms with van der Waals surface area (Å²) in [5, 5.41) is 11.3. The van der Waals surface area contributed by atoms with Crippen LogP contribution in [-0.4, -0.2) is 10.1 Å². The zero-order valence-electron chi connectivity index (χ0n) is 11.8. The van der Waals surface area contributed by atoms with Gasteiger partial charge in [-0.05, 0) is 31.2 Å². The zero-order valence-corrected chi connectivity index (χ0v) is 13.3. The molecule has 0 bridgehead atoms. The van der Waals surface area contributed by atoms with E-state index in [0.29, 0.717) is 16.3 Å². The number of fused-ring (bicyclic) bond motifs is 1. The Morgan fingerprint density at radius 3 is 2.73 bits per heavy atom. The van der Waals surface area contributed by atoms with Crippen molar-refractivity contribution in [2.45, 2.75) is 13.5 Å². The van der Waals surface area contributed by atoms with Crippen molar-refractivity contribution >= 4 is 34.1 Å². The number of phenols is 1. The van der Waals surface area contributed by atoms with Crippen LogP contribution >= 0.6 is 23.2 Å². The number of rotatable bonds is 3. The third-order valence-corrected chi connectivity index (χ3v) is 4.14. The number of hydrogen-bond donors (Lipinski definition) is 1. The molecule has 0 spiro atoms. The van der Waals surface area contributed by atoms with Crippen molar-refractivity contribution in [3.63, 3.8) is 0 Å². The second kappa shape index (κ2) is 6.03. The fraction of sp³-hybridized carbons (Fsp3) is 0.118. The molecule has 2 aromatic carbocycles. The molecule has 0 unspecified atom stereocenters. The number of aryl methyl sites for hydroxylation is 1. The summed E-state index contributed by atoms with van der Waals surface area (Å²) in [5.41, 5.74) is 2.25. The predicted molar refractivity (Wildman–Crippen MR) is 88.9 cm³/mol. The lowest BCUT2D eigenvalue weighted by atomic mass is 10.2. The molecule has 3 rings (SSSR count). The SMILES string of the molecule is Cc1ccc2cccc(OCc3c(Cl)ccc(O)c3Cl)c2n1. The Hall–Kier alpha value is -1.97. The molecule has 0 radical (unpaired) electrons. The number of phenolic OH excluding ortho intramolecular Hbond substituents is 1. The quantitative estimate of drug-likeness (QED) is 0.722. The second-order valence-corrected chi connectivity index (χ2v) is 5.71. The van der Waals surface area contributed by atoms with Gasteiger partial charge in [0, 0.05) is 21.7 Å². The number of aromatic hydroxyl groups is 1. The van der Waals surface area contributed by atoms with Crippen LogP contribution in [0.2, 0.25) is 10.0 Å². The molecule has 5 heteroatoms. The number of aromatic nitrogens is 1. The average molecular weight is 334 g/mol. The Balaban J connectivity index is 1.95. The highest BCUT2D eigenvalue weighted by Crippen LogP contribution is 2.34. The van der Waals surface area contributed by atoms with E-state index in [4.69, 9.17) is 27.9 Å². The highest BCUT2D eigenvalue weighted by molar-refractivity contribution is 6.36. The van der Waals surface area contributed by atoms with Crippen molar-refractivity contribution < 1.29 is 9.84 Å². The molecule has 0 aliphatic rings. The Labute approximate surface area is 138 Å². The van der Waals surface area contributed by atoms with E-state index in [1.165, 1.54) is 6.07 Å². The van der Waals surface area contributed by atoms with Gasteiger partial charge in [0.1, 0.15) is 23.6 Å². The molecule has 0 aliphatic carbocycles.